The van der Waals surface area contributed by atoms with Crippen molar-refractivity contribution in [3.05, 3.63) is 59.7 Å². The van der Waals surface area contributed by atoms with Gasteiger partial charge in [-0.05, 0) is 56.5 Å². The molecule has 0 N–H and O–H groups in total. The van der Waals surface area contributed by atoms with Gasteiger partial charge in [0, 0.05) is 23.1 Å². The first-order valence-electron chi connectivity index (χ1n) is 9.49. The summed E-state index contributed by atoms with van der Waals surface area (Å²) in [7, 11) is 0. The fraction of sp³-hybridized carbons (Fsp3) is 0.435. The molecule has 3 heteroatoms. The van der Waals surface area contributed by atoms with Crippen LogP contribution >= 0.6 is 0 Å². The van der Waals surface area contributed by atoms with Gasteiger partial charge in [-0.2, -0.15) is 0 Å². The monoisotopic (exact) mass is 351 g/mol. The van der Waals surface area contributed by atoms with Gasteiger partial charge < -0.3 is 9.64 Å². The largest absolute Gasteiger partial charge is 0.494 e. The van der Waals surface area contributed by atoms with E-state index in [0.717, 1.165) is 17.9 Å². The van der Waals surface area contributed by atoms with E-state index >= 15 is 0 Å². The molecule has 0 saturated heterocycles. The average Bonchev–Trinajstić information content (AvgIpc) is 2.61. The van der Waals surface area contributed by atoms with Crippen LogP contribution in [0.25, 0.3) is 0 Å². The first kappa shape index (κ1) is 18.5. The van der Waals surface area contributed by atoms with E-state index in [9.17, 15) is 4.79 Å². The zero-order chi connectivity index (χ0) is 18.9. The predicted molar refractivity (Wildman–Crippen MR) is 107 cm³/mol. The van der Waals surface area contributed by atoms with Crippen molar-refractivity contribution in [2.24, 2.45) is 0 Å². The lowest BCUT2D eigenvalue weighted by Crippen LogP contribution is -2.55. The molecule has 1 aliphatic rings. The van der Waals surface area contributed by atoms with Crippen LogP contribution < -0.4 is 9.64 Å². The van der Waals surface area contributed by atoms with Crippen molar-refractivity contribution in [1.29, 1.82) is 0 Å². The van der Waals surface area contributed by atoms with Crippen LogP contribution in [0.15, 0.2) is 48.5 Å². The Morgan fingerprint density at radius 1 is 1.04 bits per heavy atom. The second-order valence-electron chi connectivity index (χ2n) is 7.88. The molecular weight excluding hydrogens is 322 g/mol. The van der Waals surface area contributed by atoms with Crippen LogP contribution in [-0.2, 0) is 10.2 Å². The normalized spacial score (nSPS) is 21.2. The van der Waals surface area contributed by atoms with E-state index < -0.39 is 0 Å². The summed E-state index contributed by atoms with van der Waals surface area (Å²) in [5.74, 6) is 1.07. The predicted octanol–water partition coefficient (Wildman–Crippen LogP) is 5.32. The maximum absolute atomic E-state index is 12.7. The van der Waals surface area contributed by atoms with Crippen molar-refractivity contribution in [2.75, 3.05) is 11.5 Å². The summed E-state index contributed by atoms with van der Waals surface area (Å²) in [5.41, 5.74) is 3.09. The Kier molecular flexibility index (Phi) is 4.83. The molecule has 0 aromatic heterocycles. The quantitative estimate of drug-likeness (QED) is 0.746. The average molecular weight is 351 g/mol. The lowest BCUT2D eigenvalue weighted by atomic mass is 9.65. The van der Waals surface area contributed by atoms with E-state index in [0.29, 0.717) is 13.0 Å². The van der Waals surface area contributed by atoms with Crippen LogP contribution in [0.4, 0.5) is 5.69 Å². The Labute approximate surface area is 157 Å². The molecular formula is C23H29NO2. The van der Waals surface area contributed by atoms with Gasteiger partial charge in [-0.15, -0.1) is 0 Å². The van der Waals surface area contributed by atoms with Crippen LogP contribution in [0.1, 0.15) is 58.6 Å². The van der Waals surface area contributed by atoms with Crippen molar-refractivity contribution in [3.8, 4) is 5.75 Å². The Balaban J connectivity index is 2.14. The zero-order valence-corrected chi connectivity index (χ0v) is 16.5. The molecule has 138 valence electrons. The van der Waals surface area contributed by atoms with Crippen molar-refractivity contribution in [1.82, 2.24) is 0 Å². The van der Waals surface area contributed by atoms with E-state index in [4.69, 9.17) is 4.74 Å². The molecule has 1 atom stereocenters. The zero-order valence-electron chi connectivity index (χ0n) is 16.5. The highest BCUT2D eigenvalue weighted by atomic mass is 16.5. The number of fused-ring (bicyclic) bond motifs is 1. The molecule has 0 unspecified atom stereocenters. The molecule has 0 spiro atoms. The van der Waals surface area contributed by atoms with Gasteiger partial charge in [-0.3, -0.25) is 4.79 Å². The third kappa shape index (κ3) is 3.00. The third-order valence-electron chi connectivity index (χ3n) is 5.49. The number of hydrogen-bond acceptors (Lipinski definition) is 2. The van der Waals surface area contributed by atoms with Crippen LogP contribution in [-0.4, -0.2) is 18.1 Å². The van der Waals surface area contributed by atoms with Gasteiger partial charge in [0.15, 0.2) is 0 Å². The Bertz CT molecular complexity index is 794. The van der Waals surface area contributed by atoms with Gasteiger partial charge in [0.2, 0.25) is 5.91 Å². The maximum atomic E-state index is 12.7. The van der Waals surface area contributed by atoms with E-state index in [2.05, 4.69) is 51.1 Å². The standard InChI is InChI=1S/C23H29NO2/c1-6-21(25)24-20-11-9-8-10-19(20)23(5,16-22(24,3)4)17-12-14-18(15-13-17)26-7-2/h8-15H,6-7,16H2,1-5H3/t23-/m1/s1. The number of benzene rings is 2. The fourth-order valence-electron chi connectivity index (χ4n) is 4.47. The van der Waals surface area contributed by atoms with Crippen LogP contribution in [0.3, 0.4) is 0 Å². The molecule has 3 nitrogen and oxygen atoms in total. The molecule has 1 amide bonds. The first-order valence-corrected chi connectivity index (χ1v) is 9.49. The summed E-state index contributed by atoms with van der Waals surface area (Å²) in [5, 5.41) is 0. The van der Waals surface area contributed by atoms with E-state index in [-0.39, 0.29) is 16.9 Å². The minimum atomic E-state index is -0.255. The minimum absolute atomic E-state index is 0.157. The Morgan fingerprint density at radius 2 is 1.69 bits per heavy atom. The van der Waals surface area contributed by atoms with Gasteiger partial charge in [-0.1, -0.05) is 44.2 Å². The van der Waals surface area contributed by atoms with Crippen LogP contribution in [0, 0.1) is 0 Å². The van der Waals surface area contributed by atoms with E-state index in [1.807, 2.05) is 36.9 Å². The number of carbonyl (C=O) groups is 1. The van der Waals surface area contributed by atoms with Gasteiger partial charge in [-0.25, -0.2) is 0 Å². The van der Waals surface area contributed by atoms with Crippen molar-refractivity contribution in [2.45, 2.75) is 58.4 Å². The molecule has 1 aliphatic heterocycles. The number of amides is 1. The first-order chi connectivity index (χ1) is 12.3. The van der Waals surface area contributed by atoms with Crippen LogP contribution in [0.5, 0.6) is 5.75 Å². The second kappa shape index (κ2) is 6.79. The highest BCUT2D eigenvalue weighted by Crippen LogP contribution is 2.50. The molecule has 0 aliphatic carbocycles. The maximum Gasteiger partial charge on any atom is 0.227 e. The lowest BCUT2D eigenvalue weighted by molar-refractivity contribution is -0.119. The molecule has 26 heavy (non-hydrogen) atoms. The molecule has 0 saturated carbocycles. The number of carbonyl (C=O) groups excluding carboxylic acids is 1. The van der Waals surface area contributed by atoms with Crippen molar-refractivity contribution in [3.63, 3.8) is 0 Å². The summed E-state index contributed by atoms with van der Waals surface area (Å²) < 4.78 is 5.60. The summed E-state index contributed by atoms with van der Waals surface area (Å²) >= 11 is 0. The second-order valence-corrected chi connectivity index (χ2v) is 7.88. The molecule has 2 aromatic carbocycles. The molecule has 3 rings (SSSR count). The molecule has 2 aromatic rings. The molecule has 0 radical (unpaired) electrons. The number of rotatable bonds is 4. The summed E-state index contributed by atoms with van der Waals surface area (Å²) in [6.45, 7) is 11.2. The summed E-state index contributed by atoms with van der Waals surface area (Å²) in [6, 6.07) is 16.7. The highest BCUT2D eigenvalue weighted by Gasteiger charge is 2.47. The van der Waals surface area contributed by atoms with Gasteiger partial charge >= 0.3 is 0 Å². The Morgan fingerprint density at radius 3 is 2.31 bits per heavy atom. The molecule has 1 heterocycles. The fourth-order valence-corrected chi connectivity index (χ4v) is 4.47. The smallest absolute Gasteiger partial charge is 0.227 e. The molecule has 0 fully saturated rings. The number of ether oxygens (including phenoxy) is 1. The topological polar surface area (TPSA) is 29.5 Å². The SMILES string of the molecule is CCOc1ccc([C@@]2(C)CC(C)(C)N(C(=O)CC)c3ccccc32)cc1. The summed E-state index contributed by atoms with van der Waals surface area (Å²) in [6.07, 6.45) is 1.38. The summed E-state index contributed by atoms with van der Waals surface area (Å²) in [4.78, 5) is 14.7. The highest BCUT2D eigenvalue weighted by molar-refractivity contribution is 5.96. The minimum Gasteiger partial charge on any atom is -0.494 e. The van der Waals surface area contributed by atoms with Crippen LogP contribution in [0.2, 0.25) is 0 Å². The number of para-hydroxylation sites is 1. The van der Waals surface area contributed by atoms with Crippen molar-refractivity contribution >= 4 is 11.6 Å². The van der Waals surface area contributed by atoms with Gasteiger partial charge in [0.25, 0.3) is 0 Å². The Hall–Kier alpha value is -2.29. The number of anilines is 1. The van der Waals surface area contributed by atoms with Gasteiger partial charge in [0.05, 0.1) is 6.61 Å². The third-order valence-corrected chi connectivity index (χ3v) is 5.49. The van der Waals surface area contributed by atoms with Crippen molar-refractivity contribution < 1.29 is 9.53 Å². The van der Waals surface area contributed by atoms with Gasteiger partial charge in [0.1, 0.15) is 5.75 Å². The van der Waals surface area contributed by atoms with E-state index in [1.165, 1.54) is 11.1 Å². The lowest BCUT2D eigenvalue weighted by Gasteiger charge is -2.51. The van der Waals surface area contributed by atoms with E-state index in [1.54, 1.807) is 0 Å². The number of hydrogen-bond donors (Lipinski definition) is 0. The molecule has 0 bridgehead atoms. The number of nitrogens with zero attached hydrogens (tertiary/aromatic N) is 1.